The fourth-order valence-electron chi connectivity index (χ4n) is 3.41. The van der Waals surface area contributed by atoms with Gasteiger partial charge in [0.05, 0.1) is 11.0 Å². The second-order valence-corrected chi connectivity index (χ2v) is 6.76. The zero-order valence-corrected chi connectivity index (χ0v) is 14.4. The van der Waals surface area contributed by atoms with Gasteiger partial charge in [-0.2, -0.15) is 0 Å². The molecule has 1 aliphatic heterocycles. The molecule has 122 valence electrons. The molecule has 0 aliphatic carbocycles. The Morgan fingerprint density at radius 1 is 1.21 bits per heavy atom. The first-order chi connectivity index (χ1) is 11.5. The molecule has 1 saturated heterocycles. The zero-order chi connectivity index (χ0) is 16.8. The molecule has 4 nitrogen and oxygen atoms in total. The molecule has 1 unspecified atom stereocenters. The molecule has 0 saturated carbocycles. The number of carbonyl (C=O) groups excluding carboxylic acids is 1. The first-order valence-corrected chi connectivity index (χ1v) is 8.40. The molecule has 24 heavy (non-hydrogen) atoms. The minimum Gasteiger partial charge on any atom is -0.331 e. The van der Waals surface area contributed by atoms with E-state index >= 15 is 0 Å². The highest BCUT2D eigenvalue weighted by Gasteiger charge is 2.34. The molecule has 0 radical (unpaired) electrons. The number of nitrogens with zero attached hydrogens (tertiary/aromatic N) is 3. The van der Waals surface area contributed by atoms with Gasteiger partial charge >= 0.3 is 0 Å². The Morgan fingerprint density at radius 2 is 2.00 bits per heavy atom. The van der Waals surface area contributed by atoms with Gasteiger partial charge in [-0.15, -0.1) is 0 Å². The number of benzene rings is 2. The van der Waals surface area contributed by atoms with Crippen LogP contribution in [-0.4, -0.2) is 22.0 Å². The molecule has 0 bridgehead atoms. The number of para-hydroxylation sites is 2. The number of amides is 1. The standard InChI is InChI=1S/C19H18ClN3O/c1-12-7-8-14(10-15(12)20)23-11-13(9-18(23)24)19-21-16-5-3-4-6-17(16)22(19)2/h3-8,10,13H,9,11H2,1-2H3. The monoisotopic (exact) mass is 339 g/mol. The van der Waals surface area contributed by atoms with Gasteiger partial charge in [0.1, 0.15) is 5.82 Å². The van der Waals surface area contributed by atoms with Gasteiger partial charge < -0.3 is 9.47 Å². The third-order valence-electron chi connectivity index (χ3n) is 4.78. The third kappa shape index (κ3) is 2.38. The summed E-state index contributed by atoms with van der Waals surface area (Å²) in [5, 5.41) is 0.687. The van der Waals surface area contributed by atoms with Gasteiger partial charge in [0.2, 0.25) is 5.91 Å². The highest BCUT2D eigenvalue weighted by molar-refractivity contribution is 6.31. The van der Waals surface area contributed by atoms with Crippen molar-refractivity contribution in [3.05, 3.63) is 58.9 Å². The molecule has 4 rings (SSSR count). The van der Waals surface area contributed by atoms with Crippen LogP contribution in [0.15, 0.2) is 42.5 Å². The average Bonchev–Trinajstić information content (AvgIpc) is 3.11. The van der Waals surface area contributed by atoms with Crippen LogP contribution in [-0.2, 0) is 11.8 Å². The number of aryl methyl sites for hydroxylation is 2. The van der Waals surface area contributed by atoms with Crippen LogP contribution in [0, 0.1) is 6.92 Å². The quantitative estimate of drug-likeness (QED) is 0.706. The summed E-state index contributed by atoms with van der Waals surface area (Å²) in [6.07, 6.45) is 0.475. The van der Waals surface area contributed by atoms with E-state index in [-0.39, 0.29) is 11.8 Å². The van der Waals surface area contributed by atoms with Crippen LogP contribution in [0.5, 0.6) is 0 Å². The highest BCUT2D eigenvalue weighted by Crippen LogP contribution is 2.34. The summed E-state index contributed by atoms with van der Waals surface area (Å²) in [6.45, 7) is 2.59. The van der Waals surface area contributed by atoms with Crippen LogP contribution < -0.4 is 4.90 Å². The number of rotatable bonds is 2. The van der Waals surface area contributed by atoms with Gasteiger partial charge in [0.15, 0.2) is 0 Å². The van der Waals surface area contributed by atoms with E-state index in [4.69, 9.17) is 16.6 Å². The lowest BCUT2D eigenvalue weighted by atomic mass is 10.1. The van der Waals surface area contributed by atoms with Gasteiger partial charge in [0, 0.05) is 36.6 Å². The van der Waals surface area contributed by atoms with Crippen molar-refractivity contribution in [1.82, 2.24) is 9.55 Å². The van der Waals surface area contributed by atoms with Gasteiger partial charge in [-0.05, 0) is 36.8 Å². The van der Waals surface area contributed by atoms with Crippen molar-refractivity contribution >= 4 is 34.2 Å². The molecule has 1 aliphatic rings. The molecule has 1 amide bonds. The molecule has 1 atom stereocenters. The predicted octanol–water partition coefficient (Wildman–Crippen LogP) is 4.06. The smallest absolute Gasteiger partial charge is 0.227 e. The summed E-state index contributed by atoms with van der Waals surface area (Å²) in [5.41, 5.74) is 3.94. The lowest BCUT2D eigenvalue weighted by Crippen LogP contribution is -2.24. The predicted molar refractivity (Wildman–Crippen MR) is 96.6 cm³/mol. The van der Waals surface area contributed by atoms with Crippen LogP contribution in [0.3, 0.4) is 0 Å². The molecular formula is C19H18ClN3O. The molecule has 1 fully saturated rings. The van der Waals surface area contributed by atoms with Crippen molar-refractivity contribution in [3.8, 4) is 0 Å². The minimum absolute atomic E-state index is 0.0926. The molecule has 2 aromatic carbocycles. The number of halogens is 1. The lowest BCUT2D eigenvalue weighted by Gasteiger charge is -2.17. The zero-order valence-electron chi connectivity index (χ0n) is 13.7. The van der Waals surface area contributed by atoms with Gasteiger partial charge in [-0.1, -0.05) is 29.8 Å². The van der Waals surface area contributed by atoms with E-state index < -0.39 is 0 Å². The van der Waals surface area contributed by atoms with Crippen molar-refractivity contribution in [2.45, 2.75) is 19.3 Å². The molecule has 3 aromatic rings. The van der Waals surface area contributed by atoms with Gasteiger partial charge in [0.25, 0.3) is 0 Å². The van der Waals surface area contributed by atoms with Crippen LogP contribution in [0.2, 0.25) is 5.02 Å². The van der Waals surface area contributed by atoms with Crippen molar-refractivity contribution in [2.75, 3.05) is 11.4 Å². The minimum atomic E-state index is 0.0926. The molecular weight excluding hydrogens is 322 g/mol. The van der Waals surface area contributed by atoms with Gasteiger partial charge in [-0.25, -0.2) is 4.98 Å². The van der Waals surface area contributed by atoms with Crippen molar-refractivity contribution in [2.24, 2.45) is 7.05 Å². The van der Waals surface area contributed by atoms with Crippen LogP contribution in [0.1, 0.15) is 23.7 Å². The number of aromatic nitrogens is 2. The number of fused-ring (bicyclic) bond motifs is 1. The Hall–Kier alpha value is -2.33. The lowest BCUT2D eigenvalue weighted by molar-refractivity contribution is -0.117. The van der Waals surface area contributed by atoms with Crippen LogP contribution in [0.25, 0.3) is 11.0 Å². The topological polar surface area (TPSA) is 38.1 Å². The number of hydrogen-bond donors (Lipinski definition) is 0. The Bertz CT molecular complexity index is 947. The Morgan fingerprint density at radius 3 is 2.75 bits per heavy atom. The molecule has 1 aromatic heterocycles. The van der Waals surface area contributed by atoms with Crippen molar-refractivity contribution in [1.29, 1.82) is 0 Å². The Labute approximate surface area is 145 Å². The van der Waals surface area contributed by atoms with Crippen molar-refractivity contribution < 1.29 is 4.79 Å². The van der Waals surface area contributed by atoms with E-state index in [1.165, 1.54) is 0 Å². The first kappa shape index (κ1) is 15.2. The van der Waals surface area contributed by atoms with Crippen LogP contribution >= 0.6 is 11.6 Å². The fraction of sp³-hybridized carbons (Fsp3) is 0.263. The van der Waals surface area contributed by atoms with E-state index in [2.05, 4.69) is 10.6 Å². The third-order valence-corrected chi connectivity index (χ3v) is 5.19. The number of anilines is 1. The summed E-state index contributed by atoms with van der Waals surface area (Å²) < 4.78 is 2.10. The Kier molecular flexibility index (Phi) is 3.57. The average molecular weight is 340 g/mol. The number of carbonyl (C=O) groups is 1. The first-order valence-electron chi connectivity index (χ1n) is 8.02. The van der Waals surface area contributed by atoms with Crippen LogP contribution in [0.4, 0.5) is 5.69 Å². The summed E-state index contributed by atoms with van der Waals surface area (Å²) >= 11 is 6.22. The van der Waals surface area contributed by atoms with E-state index in [0.29, 0.717) is 18.0 Å². The number of hydrogen-bond acceptors (Lipinski definition) is 2. The SMILES string of the molecule is Cc1ccc(N2CC(c3nc4ccccc4n3C)CC2=O)cc1Cl. The molecule has 2 heterocycles. The summed E-state index contributed by atoms with van der Waals surface area (Å²) in [4.78, 5) is 19.1. The van der Waals surface area contributed by atoms with Crippen molar-refractivity contribution in [3.63, 3.8) is 0 Å². The summed E-state index contributed by atoms with van der Waals surface area (Å²) in [5.74, 6) is 1.17. The maximum Gasteiger partial charge on any atom is 0.227 e. The number of imidazole rings is 1. The Balaban J connectivity index is 1.68. The highest BCUT2D eigenvalue weighted by atomic mass is 35.5. The fourth-order valence-corrected chi connectivity index (χ4v) is 3.58. The van der Waals surface area contributed by atoms with Gasteiger partial charge in [-0.3, -0.25) is 4.79 Å². The van der Waals surface area contributed by atoms with E-state index in [1.54, 1.807) is 0 Å². The maximum absolute atomic E-state index is 12.5. The second-order valence-electron chi connectivity index (χ2n) is 6.36. The summed E-state index contributed by atoms with van der Waals surface area (Å²) in [7, 11) is 2.01. The second kappa shape index (κ2) is 5.64. The normalized spacial score (nSPS) is 17.9. The van der Waals surface area contributed by atoms with E-state index in [9.17, 15) is 4.79 Å². The van der Waals surface area contributed by atoms with E-state index in [1.807, 2.05) is 55.3 Å². The largest absolute Gasteiger partial charge is 0.331 e. The van der Waals surface area contributed by atoms with E-state index in [0.717, 1.165) is 28.1 Å². The molecule has 5 heteroatoms. The summed E-state index contributed by atoms with van der Waals surface area (Å²) in [6, 6.07) is 13.8. The molecule has 0 spiro atoms. The molecule has 0 N–H and O–H groups in total. The maximum atomic E-state index is 12.5.